The number of hydrogen-bond donors (Lipinski definition) is 1. The quantitative estimate of drug-likeness (QED) is 0.817. The van der Waals surface area contributed by atoms with Crippen molar-refractivity contribution in [2.24, 2.45) is 0 Å². The Morgan fingerprint density at radius 2 is 1.71 bits per heavy atom. The van der Waals surface area contributed by atoms with Crippen LogP contribution in [0.3, 0.4) is 0 Å². The van der Waals surface area contributed by atoms with Crippen LogP contribution in [0.15, 0.2) is 48.5 Å². The normalized spacial score (nSPS) is 12.2. The summed E-state index contributed by atoms with van der Waals surface area (Å²) in [4.78, 5) is 2.34. The van der Waals surface area contributed by atoms with Gasteiger partial charge in [0.25, 0.3) is 0 Å². The molecule has 0 aliphatic carbocycles. The third kappa shape index (κ3) is 3.64. The zero-order chi connectivity index (χ0) is 15.2. The molecule has 0 fully saturated rings. The predicted octanol–water partition coefficient (Wildman–Crippen LogP) is 4.82. The van der Waals surface area contributed by atoms with Crippen LogP contribution in [0.5, 0.6) is 0 Å². The molecule has 0 spiro atoms. The van der Waals surface area contributed by atoms with E-state index in [1.165, 1.54) is 22.5 Å². The molecule has 2 aromatic rings. The van der Waals surface area contributed by atoms with Crippen molar-refractivity contribution in [3.63, 3.8) is 0 Å². The molecule has 112 valence electrons. The van der Waals surface area contributed by atoms with Gasteiger partial charge < -0.3 is 10.2 Å². The molecule has 0 saturated carbocycles. The van der Waals surface area contributed by atoms with Crippen molar-refractivity contribution in [1.82, 2.24) is 5.32 Å². The highest BCUT2D eigenvalue weighted by Crippen LogP contribution is 2.27. The molecule has 1 atom stereocenters. The number of aryl methyl sites for hydroxylation is 1. The highest BCUT2D eigenvalue weighted by Gasteiger charge is 2.10. The third-order valence-electron chi connectivity index (χ3n) is 3.99. The summed E-state index contributed by atoms with van der Waals surface area (Å²) in [5.74, 6) is 0. The summed E-state index contributed by atoms with van der Waals surface area (Å²) in [6.45, 7) is 7.50. The largest absolute Gasteiger partial charge is 0.342 e. The van der Waals surface area contributed by atoms with E-state index >= 15 is 0 Å². The Labute approximate surface area is 128 Å². The zero-order valence-electron chi connectivity index (χ0n) is 13.6. The average Bonchev–Trinajstić information content (AvgIpc) is 2.51. The zero-order valence-corrected chi connectivity index (χ0v) is 13.6. The summed E-state index contributed by atoms with van der Waals surface area (Å²) in [7, 11) is 2.02. The summed E-state index contributed by atoms with van der Waals surface area (Å²) in [6.07, 6.45) is 1.10. The SMILES string of the molecule is CCC(NC)c1ccc(N(CC)c2cccc(C)c2)cc1. The van der Waals surface area contributed by atoms with Gasteiger partial charge in [0.05, 0.1) is 0 Å². The lowest BCUT2D eigenvalue weighted by Gasteiger charge is -2.24. The van der Waals surface area contributed by atoms with E-state index in [1.54, 1.807) is 0 Å². The molecule has 2 aromatic carbocycles. The second-order valence-electron chi connectivity index (χ2n) is 5.42. The van der Waals surface area contributed by atoms with Crippen LogP contribution in [0.2, 0.25) is 0 Å². The fourth-order valence-electron chi connectivity index (χ4n) is 2.80. The van der Waals surface area contributed by atoms with Crippen LogP contribution < -0.4 is 10.2 Å². The minimum atomic E-state index is 0.438. The first kappa shape index (κ1) is 15.6. The molecule has 0 heterocycles. The highest BCUT2D eigenvalue weighted by molar-refractivity contribution is 5.64. The van der Waals surface area contributed by atoms with Crippen LogP contribution in [-0.4, -0.2) is 13.6 Å². The van der Waals surface area contributed by atoms with Crippen LogP contribution in [0.1, 0.15) is 37.4 Å². The number of hydrogen-bond acceptors (Lipinski definition) is 2. The molecule has 1 unspecified atom stereocenters. The van der Waals surface area contributed by atoms with Crippen LogP contribution in [0.25, 0.3) is 0 Å². The molecule has 1 N–H and O–H groups in total. The maximum Gasteiger partial charge on any atom is 0.0413 e. The van der Waals surface area contributed by atoms with Gasteiger partial charge in [-0.15, -0.1) is 0 Å². The Balaban J connectivity index is 2.27. The fourth-order valence-corrected chi connectivity index (χ4v) is 2.80. The predicted molar refractivity (Wildman–Crippen MR) is 92.4 cm³/mol. The summed E-state index contributed by atoms with van der Waals surface area (Å²) in [6, 6.07) is 18.0. The van der Waals surface area contributed by atoms with Crippen LogP contribution >= 0.6 is 0 Å². The molecular weight excluding hydrogens is 256 g/mol. The molecule has 0 amide bonds. The third-order valence-corrected chi connectivity index (χ3v) is 3.99. The van der Waals surface area contributed by atoms with E-state index in [4.69, 9.17) is 0 Å². The summed E-state index contributed by atoms with van der Waals surface area (Å²) >= 11 is 0. The molecule has 2 heteroatoms. The van der Waals surface area contributed by atoms with Crippen LogP contribution in [0, 0.1) is 6.92 Å². The summed E-state index contributed by atoms with van der Waals surface area (Å²) in [5.41, 5.74) is 5.15. The summed E-state index contributed by atoms with van der Waals surface area (Å²) < 4.78 is 0. The van der Waals surface area contributed by atoms with Gasteiger partial charge in [0.2, 0.25) is 0 Å². The number of nitrogens with one attached hydrogen (secondary N) is 1. The Morgan fingerprint density at radius 3 is 2.24 bits per heavy atom. The van der Waals surface area contributed by atoms with E-state index < -0.39 is 0 Å². The molecule has 0 aliphatic rings. The number of rotatable bonds is 6. The molecular formula is C19H26N2. The molecule has 0 aliphatic heterocycles. The van der Waals surface area contributed by atoms with E-state index in [-0.39, 0.29) is 0 Å². The number of benzene rings is 2. The minimum absolute atomic E-state index is 0.438. The first-order chi connectivity index (χ1) is 10.2. The number of nitrogens with zero attached hydrogens (tertiary/aromatic N) is 1. The Morgan fingerprint density at radius 1 is 1.00 bits per heavy atom. The van der Waals surface area contributed by atoms with Gasteiger partial charge in [-0.3, -0.25) is 0 Å². The van der Waals surface area contributed by atoms with Crippen molar-refractivity contribution in [1.29, 1.82) is 0 Å². The lowest BCUT2D eigenvalue weighted by atomic mass is 10.0. The van der Waals surface area contributed by atoms with Crippen molar-refractivity contribution in [2.45, 2.75) is 33.2 Å². The maximum atomic E-state index is 3.36. The van der Waals surface area contributed by atoms with E-state index in [0.29, 0.717) is 6.04 Å². The lowest BCUT2D eigenvalue weighted by Crippen LogP contribution is -2.17. The molecule has 21 heavy (non-hydrogen) atoms. The van der Waals surface area contributed by atoms with Gasteiger partial charge in [-0.1, -0.05) is 31.2 Å². The van der Waals surface area contributed by atoms with Crippen LogP contribution in [-0.2, 0) is 0 Å². The molecule has 0 radical (unpaired) electrons. The molecule has 2 nitrogen and oxygen atoms in total. The van der Waals surface area contributed by atoms with Crippen molar-refractivity contribution in [3.8, 4) is 0 Å². The van der Waals surface area contributed by atoms with Gasteiger partial charge in [-0.2, -0.15) is 0 Å². The first-order valence-electron chi connectivity index (χ1n) is 7.81. The fraction of sp³-hybridized carbons (Fsp3) is 0.368. The van der Waals surface area contributed by atoms with Crippen molar-refractivity contribution >= 4 is 11.4 Å². The van der Waals surface area contributed by atoms with Gasteiger partial charge >= 0.3 is 0 Å². The smallest absolute Gasteiger partial charge is 0.0413 e. The Bertz CT molecular complexity index is 556. The summed E-state index contributed by atoms with van der Waals surface area (Å²) in [5, 5.41) is 3.36. The average molecular weight is 282 g/mol. The standard InChI is InChI=1S/C19H26N2/c1-5-19(20-4)16-10-12-17(13-11-16)21(6-2)18-9-7-8-15(3)14-18/h7-14,19-20H,5-6H2,1-4H3. The van der Waals surface area contributed by atoms with E-state index in [9.17, 15) is 0 Å². The lowest BCUT2D eigenvalue weighted by molar-refractivity contribution is 0.577. The van der Waals surface area contributed by atoms with E-state index in [0.717, 1.165) is 13.0 Å². The van der Waals surface area contributed by atoms with Gasteiger partial charge in [0.1, 0.15) is 0 Å². The monoisotopic (exact) mass is 282 g/mol. The maximum absolute atomic E-state index is 3.36. The van der Waals surface area contributed by atoms with Gasteiger partial charge in [0, 0.05) is 24.0 Å². The van der Waals surface area contributed by atoms with Gasteiger partial charge in [0.15, 0.2) is 0 Å². The Hall–Kier alpha value is -1.80. The first-order valence-corrected chi connectivity index (χ1v) is 7.81. The minimum Gasteiger partial charge on any atom is -0.342 e. The molecule has 2 rings (SSSR count). The molecule has 0 bridgehead atoms. The molecule has 0 saturated heterocycles. The second kappa shape index (κ2) is 7.28. The number of anilines is 2. The van der Waals surface area contributed by atoms with E-state index in [1.807, 2.05) is 7.05 Å². The van der Waals surface area contributed by atoms with Gasteiger partial charge in [-0.25, -0.2) is 0 Å². The second-order valence-corrected chi connectivity index (χ2v) is 5.42. The van der Waals surface area contributed by atoms with Crippen LogP contribution in [0.4, 0.5) is 11.4 Å². The van der Waals surface area contributed by atoms with Crippen molar-refractivity contribution < 1.29 is 0 Å². The molecule has 0 aromatic heterocycles. The van der Waals surface area contributed by atoms with Crippen molar-refractivity contribution in [2.75, 3.05) is 18.5 Å². The Kier molecular flexibility index (Phi) is 5.40. The van der Waals surface area contributed by atoms with Crippen molar-refractivity contribution in [3.05, 3.63) is 59.7 Å². The topological polar surface area (TPSA) is 15.3 Å². The highest BCUT2D eigenvalue weighted by atomic mass is 15.1. The van der Waals surface area contributed by atoms with Gasteiger partial charge in [-0.05, 0) is 62.7 Å². The van der Waals surface area contributed by atoms with E-state index in [2.05, 4.69) is 79.5 Å².